The van der Waals surface area contributed by atoms with Crippen molar-refractivity contribution >= 4 is 11.9 Å². The lowest BCUT2D eigenvalue weighted by atomic mass is 10.1. The molecule has 7 nitrogen and oxygen atoms in total. The maximum Gasteiger partial charge on any atom is 0.326 e. The second kappa shape index (κ2) is 7.44. The highest BCUT2D eigenvalue weighted by molar-refractivity contribution is 5.83. The third-order valence-corrected chi connectivity index (χ3v) is 2.47. The van der Waals surface area contributed by atoms with E-state index in [9.17, 15) is 9.59 Å². The van der Waals surface area contributed by atoms with Crippen molar-refractivity contribution in [3.05, 3.63) is 18.2 Å². The van der Waals surface area contributed by atoms with E-state index < -0.39 is 12.0 Å². The van der Waals surface area contributed by atoms with Crippen molar-refractivity contribution in [2.24, 2.45) is 5.73 Å². The van der Waals surface area contributed by atoms with Gasteiger partial charge >= 0.3 is 5.97 Å². The quantitative estimate of drug-likeness (QED) is 0.472. The molecule has 0 aliphatic carbocycles. The molecule has 1 rings (SSSR count). The van der Waals surface area contributed by atoms with Gasteiger partial charge in [-0.2, -0.15) is 0 Å². The Bertz CT molecular complexity index is 378. The number of hydrogen-bond donors (Lipinski definition) is 4. The lowest BCUT2D eigenvalue weighted by Crippen LogP contribution is -2.42. The number of imidazole rings is 1. The molecule has 5 N–H and O–H groups in total. The van der Waals surface area contributed by atoms with Crippen molar-refractivity contribution in [3.63, 3.8) is 0 Å². The number of carbonyl (C=O) groups excluding carboxylic acids is 1. The Morgan fingerprint density at radius 3 is 2.83 bits per heavy atom. The van der Waals surface area contributed by atoms with Gasteiger partial charge in [0.2, 0.25) is 5.91 Å². The molecule has 0 fully saturated rings. The lowest BCUT2D eigenvalue weighted by Gasteiger charge is -2.13. The smallest absolute Gasteiger partial charge is 0.326 e. The molecular formula is C11H18N4O3. The summed E-state index contributed by atoms with van der Waals surface area (Å²) < 4.78 is 0. The minimum Gasteiger partial charge on any atom is -0.480 e. The van der Waals surface area contributed by atoms with Gasteiger partial charge in [-0.25, -0.2) is 9.78 Å². The zero-order valence-corrected chi connectivity index (χ0v) is 10.1. The second-order valence-corrected chi connectivity index (χ2v) is 3.99. The highest BCUT2D eigenvalue weighted by Gasteiger charge is 2.20. The van der Waals surface area contributed by atoms with Crippen molar-refractivity contribution in [2.75, 3.05) is 6.54 Å². The van der Waals surface area contributed by atoms with Gasteiger partial charge in [-0.3, -0.25) is 4.79 Å². The van der Waals surface area contributed by atoms with Gasteiger partial charge in [-0.15, -0.1) is 0 Å². The number of aromatic amines is 1. The Hall–Kier alpha value is -1.89. The average molecular weight is 254 g/mol. The van der Waals surface area contributed by atoms with Crippen LogP contribution in [0.15, 0.2) is 12.5 Å². The van der Waals surface area contributed by atoms with Crippen LogP contribution < -0.4 is 11.1 Å². The zero-order valence-electron chi connectivity index (χ0n) is 10.1. The summed E-state index contributed by atoms with van der Waals surface area (Å²) in [5.74, 6) is -1.33. The SMILES string of the molecule is NCCCCC(=O)N[C@H](Cc1cnc[nH]1)C(=O)O. The number of aliphatic carboxylic acids is 1. The van der Waals surface area contributed by atoms with E-state index in [1.54, 1.807) is 0 Å². The van der Waals surface area contributed by atoms with Crippen LogP contribution in [0.1, 0.15) is 25.0 Å². The Labute approximate surface area is 105 Å². The number of carboxylic acid groups (broad SMARTS) is 1. The summed E-state index contributed by atoms with van der Waals surface area (Å²) in [6.07, 6.45) is 4.92. The molecule has 100 valence electrons. The van der Waals surface area contributed by atoms with Crippen LogP contribution in [0.2, 0.25) is 0 Å². The number of unbranched alkanes of at least 4 members (excludes halogenated alkanes) is 1. The van der Waals surface area contributed by atoms with Gasteiger partial charge in [0.25, 0.3) is 0 Å². The fourth-order valence-corrected chi connectivity index (χ4v) is 1.51. The number of nitrogens with two attached hydrogens (primary N) is 1. The molecular weight excluding hydrogens is 236 g/mol. The van der Waals surface area contributed by atoms with Crippen molar-refractivity contribution in [2.45, 2.75) is 31.7 Å². The minimum atomic E-state index is -1.06. The van der Waals surface area contributed by atoms with Gasteiger partial charge in [0, 0.05) is 24.7 Å². The van der Waals surface area contributed by atoms with Crippen LogP contribution in [-0.4, -0.2) is 39.5 Å². The van der Waals surface area contributed by atoms with E-state index in [2.05, 4.69) is 15.3 Å². The average Bonchev–Trinajstić information content (AvgIpc) is 2.81. The van der Waals surface area contributed by atoms with Gasteiger partial charge in [0.05, 0.1) is 6.33 Å². The number of nitrogens with zero attached hydrogens (tertiary/aromatic N) is 1. The predicted octanol–water partition coefficient (Wildman–Crippen LogP) is -0.349. The molecule has 1 aromatic heterocycles. The number of rotatable bonds is 8. The minimum absolute atomic E-state index is 0.192. The first-order chi connectivity index (χ1) is 8.63. The Kier molecular flexibility index (Phi) is 5.86. The lowest BCUT2D eigenvalue weighted by molar-refractivity contribution is -0.141. The fourth-order valence-electron chi connectivity index (χ4n) is 1.51. The molecule has 0 saturated heterocycles. The van der Waals surface area contributed by atoms with Gasteiger partial charge in [0.1, 0.15) is 6.04 Å². The standard InChI is InChI=1S/C11H18N4O3/c12-4-2-1-3-10(16)15-9(11(17)18)5-8-6-13-7-14-8/h6-7,9H,1-5,12H2,(H,13,14)(H,15,16)(H,17,18)/t9-/m1/s1. The molecule has 1 atom stereocenters. The predicted molar refractivity (Wildman–Crippen MR) is 64.8 cm³/mol. The normalized spacial score (nSPS) is 12.1. The summed E-state index contributed by atoms with van der Waals surface area (Å²) >= 11 is 0. The topological polar surface area (TPSA) is 121 Å². The third-order valence-electron chi connectivity index (χ3n) is 2.47. The molecule has 0 aliphatic rings. The molecule has 0 aromatic carbocycles. The molecule has 0 radical (unpaired) electrons. The number of H-pyrrole nitrogens is 1. The molecule has 0 aliphatic heterocycles. The molecule has 1 aromatic rings. The monoisotopic (exact) mass is 254 g/mol. The van der Waals surface area contributed by atoms with Crippen molar-refractivity contribution in [1.29, 1.82) is 0 Å². The van der Waals surface area contributed by atoms with E-state index in [1.165, 1.54) is 12.5 Å². The van der Waals surface area contributed by atoms with Crippen LogP contribution in [0, 0.1) is 0 Å². The molecule has 0 unspecified atom stereocenters. The number of aromatic nitrogens is 2. The summed E-state index contributed by atoms with van der Waals surface area (Å²) in [7, 11) is 0. The Morgan fingerprint density at radius 2 is 2.28 bits per heavy atom. The fraction of sp³-hybridized carbons (Fsp3) is 0.545. The van der Waals surface area contributed by atoms with Crippen LogP contribution in [0.5, 0.6) is 0 Å². The van der Waals surface area contributed by atoms with E-state index in [0.29, 0.717) is 25.1 Å². The van der Waals surface area contributed by atoms with E-state index in [1.807, 2.05) is 0 Å². The zero-order chi connectivity index (χ0) is 13.4. The van der Waals surface area contributed by atoms with Gasteiger partial charge in [0.15, 0.2) is 0 Å². The molecule has 1 amide bonds. The van der Waals surface area contributed by atoms with Crippen molar-refractivity contribution in [3.8, 4) is 0 Å². The first kappa shape index (κ1) is 14.2. The summed E-state index contributed by atoms with van der Waals surface area (Å²) in [5.41, 5.74) is 5.99. The highest BCUT2D eigenvalue weighted by Crippen LogP contribution is 2.01. The van der Waals surface area contributed by atoms with Gasteiger partial charge in [-0.1, -0.05) is 0 Å². The maximum absolute atomic E-state index is 11.5. The summed E-state index contributed by atoms with van der Waals surface area (Å²) in [6, 6.07) is -0.934. The molecule has 18 heavy (non-hydrogen) atoms. The van der Waals surface area contributed by atoms with Crippen molar-refractivity contribution in [1.82, 2.24) is 15.3 Å². The summed E-state index contributed by atoms with van der Waals surface area (Å²) in [5, 5.41) is 11.5. The van der Waals surface area contributed by atoms with Gasteiger partial charge < -0.3 is 21.1 Å². The molecule has 7 heteroatoms. The molecule has 0 bridgehead atoms. The summed E-state index contributed by atoms with van der Waals surface area (Å²) in [4.78, 5) is 29.1. The molecule has 0 saturated carbocycles. The number of carbonyl (C=O) groups is 2. The number of carboxylic acids is 1. The molecule has 0 spiro atoms. The summed E-state index contributed by atoms with van der Waals surface area (Å²) in [6.45, 7) is 0.532. The van der Waals surface area contributed by atoms with Crippen LogP contribution in [0.4, 0.5) is 0 Å². The number of hydrogen-bond acceptors (Lipinski definition) is 4. The van der Waals surface area contributed by atoms with Crippen LogP contribution in [0.25, 0.3) is 0 Å². The van der Waals surface area contributed by atoms with Crippen LogP contribution in [0.3, 0.4) is 0 Å². The second-order valence-electron chi connectivity index (χ2n) is 3.99. The molecule has 1 heterocycles. The van der Waals surface area contributed by atoms with Crippen LogP contribution in [-0.2, 0) is 16.0 Å². The van der Waals surface area contributed by atoms with E-state index in [0.717, 1.165) is 6.42 Å². The number of nitrogens with one attached hydrogen (secondary N) is 2. The van der Waals surface area contributed by atoms with Crippen LogP contribution >= 0.6 is 0 Å². The first-order valence-corrected chi connectivity index (χ1v) is 5.83. The maximum atomic E-state index is 11.5. The Morgan fingerprint density at radius 1 is 1.50 bits per heavy atom. The number of amides is 1. The highest BCUT2D eigenvalue weighted by atomic mass is 16.4. The largest absolute Gasteiger partial charge is 0.480 e. The third kappa shape index (κ3) is 4.96. The van der Waals surface area contributed by atoms with E-state index >= 15 is 0 Å². The first-order valence-electron chi connectivity index (χ1n) is 5.83. The van der Waals surface area contributed by atoms with E-state index in [-0.39, 0.29) is 12.3 Å². The van der Waals surface area contributed by atoms with Gasteiger partial charge in [-0.05, 0) is 19.4 Å². The Balaban J connectivity index is 2.42. The van der Waals surface area contributed by atoms with E-state index in [4.69, 9.17) is 10.8 Å². The van der Waals surface area contributed by atoms with Crippen molar-refractivity contribution < 1.29 is 14.7 Å².